The van der Waals surface area contributed by atoms with Crippen LogP contribution in [0.25, 0.3) is 5.57 Å². The molecule has 0 bridgehead atoms. The van der Waals surface area contributed by atoms with E-state index in [9.17, 15) is 13.2 Å². The molecule has 76 valence electrons. The van der Waals surface area contributed by atoms with Crippen molar-refractivity contribution in [2.24, 2.45) is 0 Å². The Morgan fingerprint density at radius 2 is 1.93 bits per heavy atom. The zero-order chi connectivity index (χ0) is 10.9. The average molecular weight is 201 g/mol. The van der Waals surface area contributed by atoms with Crippen molar-refractivity contribution >= 4 is 11.3 Å². The molecule has 0 amide bonds. The molecule has 0 unspecified atom stereocenters. The normalized spacial score (nSPS) is 11.4. The van der Waals surface area contributed by atoms with Crippen molar-refractivity contribution in [2.45, 2.75) is 13.1 Å². The first-order valence-corrected chi connectivity index (χ1v) is 3.95. The van der Waals surface area contributed by atoms with E-state index in [0.717, 1.165) is 5.56 Å². The molecule has 0 aliphatic carbocycles. The Morgan fingerprint density at radius 1 is 1.36 bits per heavy atom. The zero-order valence-corrected chi connectivity index (χ0v) is 7.65. The summed E-state index contributed by atoms with van der Waals surface area (Å²) in [6.07, 6.45) is -4.43. The number of rotatable bonds is 1. The predicted octanol–water partition coefficient (Wildman–Crippen LogP) is 3.15. The molecule has 2 N–H and O–H groups in total. The lowest BCUT2D eigenvalue weighted by atomic mass is 10.0. The molecule has 1 rings (SSSR count). The second-order valence-electron chi connectivity index (χ2n) is 3.07. The molecule has 1 aromatic rings. The van der Waals surface area contributed by atoms with Gasteiger partial charge in [0.2, 0.25) is 0 Å². The minimum Gasteiger partial charge on any atom is -0.398 e. The molecule has 0 aromatic heterocycles. The van der Waals surface area contributed by atoms with E-state index in [2.05, 4.69) is 6.58 Å². The van der Waals surface area contributed by atoms with Crippen molar-refractivity contribution in [3.63, 3.8) is 0 Å². The molecule has 0 spiro atoms. The number of benzene rings is 1. The Hall–Kier alpha value is -1.45. The minimum atomic E-state index is -4.43. The summed E-state index contributed by atoms with van der Waals surface area (Å²) in [6.45, 7) is 4.69. The fourth-order valence-electron chi connectivity index (χ4n) is 1.08. The van der Waals surface area contributed by atoms with Gasteiger partial charge in [-0.3, -0.25) is 0 Å². The molecule has 0 saturated heterocycles. The molecule has 0 atom stereocenters. The summed E-state index contributed by atoms with van der Waals surface area (Å²) in [5.74, 6) is 0. The number of alkyl halides is 3. The highest BCUT2D eigenvalue weighted by atomic mass is 19.4. The van der Waals surface area contributed by atoms with Gasteiger partial charge in [0.05, 0.1) is 5.57 Å². The Morgan fingerprint density at radius 3 is 2.43 bits per heavy atom. The first kappa shape index (κ1) is 10.6. The van der Waals surface area contributed by atoms with Gasteiger partial charge in [-0.1, -0.05) is 18.2 Å². The topological polar surface area (TPSA) is 26.0 Å². The second-order valence-corrected chi connectivity index (χ2v) is 3.07. The Kier molecular flexibility index (Phi) is 2.55. The number of nitrogens with two attached hydrogens (primary N) is 1. The van der Waals surface area contributed by atoms with Crippen LogP contribution in [0.5, 0.6) is 0 Å². The Labute approximate surface area is 80.0 Å². The van der Waals surface area contributed by atoms with Crippen LogP contribution in [-0.2, 0) is 0 Å². The number of anilines is 1. The van der Waals surface area contributed by atoms with Gasteiger partial charge in [0.1, 0.15) is 0 Å². The number of nitrogen functional groups attached to an aromatic ring is 1. The van der Waals surface area contributed by atoms with Crippen molar-refractivity contribution in [1.29, 1.82) is 0 Å². The maximum Gasteiger partial charge on any atom is 0.416 e. The highest BCUT2D eigenvalue weighted by Crippen LogP contribution is 2.35. The van der Waals surface area contributed by atoms with Crippen molar-refractivity contribution in [3.05, 3.63) is 35.9 Å². The van der Waals surface area contributed by atoms with Gasteiger partial charge in [-0.05, 0) is 19.1 Å². The largest absolute Gasteiger partial charge is 0.416 e. The molecule has 0 saturated carbocycles. The SMILES string of the molecule is C=C(c1cc(C)ccc1N)C(F)(F)F. The van der Waals surface area contributed by atoms with Crippen LogP contribution < -0.4 is 5.73 Å². The first-order chi connectivity index (χ1) is 6.32. The first-order valence-electron chi connectivity index (χ1n) is 3.95. The summed E-state index contributed by atoms with van der Waals surface area (Å²) in [4.78, 5) is 0. The van der Waals surface area contributed by atoms with E-state index >= 15 is 0 Å². The van der Waals surface area contributed by atoms with Crippen LogP contribution in [0.3, 0.4) is 0 Å². The number of halogens is 3. The fourth-order valence-corrected chi connectivity index (χ4v) is 1.08. The highest BCUT2D eigenvalue weighted by molar-refractivity contribution is 5.76. The van der Waals surface area contributed by atoms with Gasteiger partial charge in [-0.15, -0.1) is 0 Å². The van der Waals surface area contributed by atoms with Crippen LogP contribution in [0.2, 0.25) is 0 Å². The second kappa shape index (κ2) is 3.36. The maximum absolute atomic E-state index is 12.3. The van der Waals surface area contributed by atoms with Crippen LogP contribution in [0, 0.1) is 6.92 Å². The lowest BCUT2D eigenvalue weighted by Crippen LogP contribution is -2.11. The molecule has 0 radical (unpaired) electrons. The average Bonchev–Trinajstić information content (AvgIpc) is 2.06. The van der Waals surface area contributed by atoms with Crippen molar-refractivity contribution in [3.8, 4) is 0 Å². The van der Waals surface area contributed by atoms with Crippen molar-refractivity contribution in [2.75, 3.05) is 5.73 Å². The van der Waals surface area contributed by atoms with Gasteiger partial charge < -0.3 is 5.73 Å². The van der Waals surface area contributed by atoms with Gasteiger partial charge in [-0.25, -0.2) is 0 Å². The smallest absolute Gasteiger partial charge is 0.398 e. The van der Waals surface area contributed by atoms with E-state index in [1.54, 1.807) is 13.0 Å². The summed E-state index contributed by atoms with van der Waals surface area (Å²) in [5, 5.41) is 0. The standard InChI is InChI=1S/C10H10F3N/c1-6-3-4-9(14)8(5-6)7(2)10(11,12)13/h3-5H,2,14H2,1H3. The summed E-state index contributed by atoms with van der Waals surface area (Å²) < 4.78 is 36.9. The third-order valence-corrected chi connectivity index (χ3v) is 1.88. The fraction of sp³-hybridized carbons (Fsp3) is 0.200. The van der Waals surface area contributed by atoms with Crippen LogP contribution in [0.1, 0.15) is 11.1 Å². The zero-order valence-electron chi connectivity index (χ0n) is 7.65. The lowest BCUT2D eigenvalue weighted by Gasteiger charge is -2.12. The van der Waals surface area contributed by atoms with Crippen LogP contribution >= 0.6 is 0 Å². The molecule has 0 aliphatic heterocycles. The van der Waals surface area contributed by atoms with E-state index in [1.807, 2.05) is 0 Å². The van der Waals surface area contributed by atoms with Crippen LogP contribution in [0.4, 0.5) is 18.9 Å². The van der Waals surface area contributed by atoms with E-state index in [4.69, 9.17) is 5.73 Å². The summed E-state index contributed by atoms with van der Waals surface area (Å²) in [5.41, 5.74) is 5.30. The third kappa shape index (κ3) is 2.07. The highest BCUT2D eigenvalue weighted by Gasteiger charge is 2.33. The van der Waals surface area contributed by atoms with Crippen molar-refractivity contribution in [1.82, 2.24) is 0 Å². The van der Waals surface area contributed by atoms with Gasteiger partial charge >= 0.3 is 6.18 Å². The van der Waals surface area contributed by atoms with Gasteiger partial charge in [0, 0.05) is 11.3 Å². The van der Waals surface area contributed by atoms with Gasteiger partial charge in [0.25, 0.3) is 0 Å². The number of hydrogen-bond acceptors (Lipinski definition) is 1. The molecule has 1 nitrogen and oxygen atoms in total. The molecular formula is C10H10F3N. The van der Waals surface area contributed by atoms with E-state index in [-0.39, 0.29) is 11.3 Å². The molecule has 0 fully saturated rings. The van der Waals surface area contributed by atoms with E-state index in [1.165, 1.54) is 12.1 Å². The van der Waals surface area contributed by atoms with E-state index in [0.29, 0.717) is 0 Å². The molecule has 0 aliphatic rings. The van der Waals surface area contributed by atoms with Crippen LogP contribution in [-0.4, -0.2) is 6.18 Å². The molecule has 0 heterocycles. The number of allylic oxidation sites excluding steroid dienone is 1. The molecule has 4 heteroatoms. The molecule has 1 aromatic carbocycles. The lowest BCUT2D eigenvalue weighted by molar-refractivity contribution is -0.0686. The Balaban J connectivity index is 3.19. The monoisotopic (exact) mass is 201 g/mol. The minimum absolute atomic E-state index is 0.0440. The summed E-state index contributed by atoms with van der Waals surface area (Å²) in [7, 11) is 0. The quantitative estimate of drug-likeness (QED) is 0.694. The van der Waals surface area contributed by atoms with Gasteiger partial charge in [-0.2, -0.15) is 13.2 Å². The van der Waals surface area contributed by atoms with Crippen LogP contribution in [0.15, 0.2) is 24.8 Å². The molecule has 14 heavy (non-hydrogen) atoms. The predicted molar refractivity (Wildman–Crippen MR) is 50.7 cm³/mol. The maximum atomic E-state index is 12.3. The number of hydrogen-bond donors (Lipinski definition) is 1. The van der Waals surface area contributed by atoms with Crippen molar-refractivity contribution < 1.29 is 13.2 Å². The summed E-state index contributed by atoms with van der Waals surface area (Å²) >= 11 is 0. The molecular weight excluding hydrogens is 191 g/mol. The number of aryl methyl sites for hydroxylation is 1. The Bertz CT molecular complexity index is 366. The third-order valence-electron chi connectivity index (χ3n) is 1.88. The van der Waals surface area contributed by atoms with E-state index < -0.39 is 11.7 Å². The van der Waals surface area contributed by atoms with Gasteiger partial charge in [0.15, 0.2) is 0 Å². The summed E-state index contributed by atoms with van der Waals surface area (Å²) in [6, 6.07) is 4.48.